The van der Waals surface area contributed by atoms with E-state index in [4.69, 9.17) is 23.2 Å². The molecule has 1 aliphatic rings. The second-order valence-corrected chi connectivity index (χ2v) is 5.25. The van der Waals surface area contributed by atoms with E-state index in [1.54, 1.807) is 0 Å². The van der Waals surface area contributed by atoms with Gasteiger partial charge in [-0.2, -0.15) is 0 Å². The summed E-state index contributed by atoms with van der Waals surface area (Å²) in [6.45, 7) is 0.271. The summed E-state index contributed by atoms with van der Waals surface area (Å²) < 4.78 is 0. The summed E-state index contributed by atoms with van der Waals surface area (Å²) in [7, 11) is 0. The Morgan fingerprint density at radius 1 is 1.20 bits per heavy atom. The molecule has 15 heavy (non-hydrogen) atoms. The van der Waals surface area contributed by atoms with Crippen LogP contribution >= 0.6 is 23.2 Å². The van der Waals surface area contributed by atoms with Crippen molar-refractivity contribution in [3.8, 4) is 0 Å². The zero-order valence-electron chi connectivity index (χ0n) is 8.47. The third kappa shape index (κ3) is 2.30. The molecule has 0 aromatic heterocycles. The lowest BCUT2D eigenvalue weighted by atomic mass is 9.66. The molecule has 1 aliphatic carbocycles. The average Bonchev–Trinajstić information content (AvgIpc) is 2.17. The number of hydrogen-bond acceptors (Lipinski definition) is 1. The standard InChI is InChI=1S/C12H14Cl2O/c13-10-3-2-9(6-11(10)14)7-12(8-15)4-1-5-12/h2-3,6,15H,1,4-5,7-8H2. The molecule has 0 heterocycles. The van der Waals surface area contributed by atoms with Crippen molar-refractivity contribution in [3.05, 3.63) is 33.8 Å². The summed E-state index contributed by atoms with van der Waals surface area (Å²) in [4.78, 5) is 0. The summed E-state index contributed by atoms with van der Waals surface area (Å²) in [5, 5.41) is 10.6. The van der Waals surface area contributed by atoms with Crippen LogP contribution in [-0.2, 0) is 6.42 Å². The van der Waals surface area contributed by atoms with E-state index in [9.17, 15) is 5.11 Å². The van der Waals surface area contributed by atoms with Crippen molar-refractivity contribution >= 4 is 23.2 Å². The van der Waals surface area contributed by atoms with Gasteiger partial charge in [-0.05, 0) is 42.4 Å². The molecule has 1 fully saturated rings. The molecule has 1 aromatic rings. The van der Waals surface area contributed by atoms with Gasteiger partial charge in [0.15, 0.2) is 0 Å². The van der Waals surface area contributed by atoms with Gasteiger partial charge in [-0.1, -0.05) is 35.7 Å². The first-order chi connectivity index (χ1) is 7.15. The SMILES string of the molecule is OCC1(Cc2ccc(Cl)c(Cl)c2)CCC1. The molecule has 3 heteroatoms. The van der Waals surface area contributed by atoms with Crippen molar-refractivity contribution < 1.29 is 5.11 Å². The van der Waals surface area contributed by atoms with Gasteiger partial charge in [-0.15, -0.1) is 0 Å². The highest BCUT2D eigenvalue weighted by molar-refractivity contribution is 6.42. The minimum Gasteiger partial charge on any atom is -0.396 e. The van der Waals surface area contributed by atoms with Gasteiger partial charge >= 0.3 is 0 Å². The van der Waals surface area contributed by atoms with Crippen LogP contribution in [0, 0.1) is 5.41 Å². The maximum Gasteiger partial charge on any atom is 0.0595 e. The van der Waals surface area contributed by atoms with Crippen LogP contribution in [0.4, 0.5) is 0 Å². The number of benzene rings is 1. The molecule has 1 nitrogen and oxygen atoms in total. The quantitative estimate of drug-likeness (QED) is 0.860. The van der Waals surface area contributed by atoms with E-state index >= 15 is 0 Å². The Hall–Kier alpha value is -0.240. The van der Waals surface area contributed by atoms with Crippen LogP contribution in [-0.4, -0.2) is 11.7 Å². The lowest BCUT2D eigenvalue weighted by Gasteiger charge is -2.40. The first-order valence-corrected chi connectivity index (χ1v) is 5.96. The average molecular weight is 245 g/mol. The highest BCUT2D eigenvalue weighted by atomic mass is 35.5. The van der Waals surface area contributed by atoms with Crippen LogP contribution in [0.3, 0.4) is 0 Å². The Morgan fingerprint density at radius 2 is 1.93 bits per heavy atom. The first kappa shape index (κ1) is 11.3. The summed E-state index contributed by atoms with van der Waals surface area (Å²) >= 11 is 11.8. The molecule has 0 radical (unpaired) electrons. The Bertz CT molecular complexity index is 353. The molecule has 0 bridgehead atoms. The van der Waals surface area contributed by atoms with Crippen molar-refractivity contribution in [2.75, 3.05) is 6.61 Å². The molecule has 82 valence electrons. The molecule has 2 rings (SSSR count). The van der Waals surface area contributed by atoms with Crippen LogP contribution in [0.5, 0.6) is 0 Å². The van der Waals surface area contributed by atoms with Gasteiger partial charge < -0.3 is 5.11 Å². The van der Waals surface area contributed by atoms with E-state index in [1.165, 1.54) is 6.42 Å². The van der Waals surface area contributed by atoms with Crippen molar-refractivity contribution in [1.82, 2.24) is 0 Å². The molecule has 0 unspecified atom stereocenters. The van der Waals surface area contributed by atoms with Crippen LogP contribution in [0.1, 0.15) is 24.8 Å². The largest absolute Gasteiger partial charge is 0.396 e. The fourth-order valence-electron chi connectivity index (χ4n) is 2.15. The normalized spacial score (nSPS) is 18.6. The molecule has 0 saturated heterocycles. The molecule has 0 amide bonds. The van der Waals surface area contributed by atoms with Crippen molar-refractivity contribution in [3.63, 3.8) is 0 Å². The number of aliphatic hydroxyl groups is 1. The Kier molecular flexibility index (Phi) is 3.24. The molecule has 1 saturated carbocycles. The van der Waals surface area contributed by atoms with Crippen molar-refractivity contribution in [1.29, 1.82) is 0 Å². The summed E-state index contributed by atoms with van der Waals surface area (Å²) in [6, 6.07) is 5.71. The minimum atomic E-state index is 0.108. The molecule has 0 spiro atoms. The number of hydrogen-bond donors (Lipinski definition) is 1. The second kappa shape index (κ2) is 4.32. The van der Waals surface area contributed by atoms with Gasteiger partial charge in [-0.3, -0.25) is 0 Å². The first-order valence-electron chi connectivity index (χ1n) is 5.20. The van der Waals surface area contributed by atoms with Crippen LogP contribution in [0.25, 0.3) is 0 Å². The number of halogens is 2. The monoisotopic (exact) mass is 244 g/mol. The second-order valence-electron chi connectivity index (χ2n) is 4.44. The van der Waals surface area contributed by atoms with Gasteiger partial charge in [0, 0.05) is 6.61 Å². The maximum atomic E-state index is 9.36. The number of aliphatic hydroxyl groups excluding tert-OH is 1. The third-order valence-corrected chi connectivity index (χ3v) is 4.05. The van der Waals surface area contributed by atoms with Crippen LogP contribution in [0.15, 0.2) is 18.2 Å². The fourth-order valence-corrected chi connectivity index (χ4v) is 2.47. The van der Waals surface area contributed by atoms with Crippen molar-refractivity contribution in [2.24, 2.45) is 5.41 Å². The van der Waals surface area contributed by atoms with Crippen LogP contribution < -0.4 is 0 Å². The van der Waals surface area contributed by atoms with E-state index in [1.807, 2.05) is 18.2 Å². The minimum absolute atomic E-state index is 0.108. The third-order valence-electron chi connectivity index (χ3n) is 3.31. The Labute approximate surface area is 100 Å². The van der Waals surface area contributed by atoms with E-state index in [2.05, 4.69) is 0 Å². The van der Waals surface area contributed by atoms with Gasteiger partial charge in [-0.25, -0.2) is 0 Å². The lowest BCUT2D eigenvalue weighted by molar-refractivity contribution is 0.0450. The van der Waals surface area contributed by atoms with Crippen molar-refractivity contribution in [2.45, 2.75) is 25.7 Å². The molecule has 1 aromatic carbocycles. The van der Waals surface area contributed by atoms with Gasteiger partial charge in [0.05, 0.1) is 10.0 Å². The maximum absolute atomic E-state index is 9.36. The zero-order chi connectivity index (χ0) is 10.9. The fraction of sp³-hybridized carbons (Fsp3) is 0.500. The van der Waals surface area contributed by atoms with Gasteiger partial charge in [0.1, 0.15) is 0 Å². The smallest absolute Gasteiger partial charge is 0.0595 e. The highest BCUT2D eigenvalue weighted by Crippen LogP contribution is 2.43. The molecule has 0 aliphatic heterocycles. The Morgan fingerprint density at radius 3 is 2.40 bits per heavy atom. The predicted octanol–water partition coefficient (Wildman–Crippen LogP) is 3.70. The number of rotatable bonds is 3. The summed E-state index contributed by atoms with van der Waals surface area (Å²) in [5.41, 5.74) is 1.27. The topological polar surface area (TPSA) is 20.2 Å². The van der Waals surface area contributed by atoms with Crippen LogP contribution in [0.2, 0.25) is 10.0 Å². The molecular weight excluding hydrogens is 231 g/mol. The zero-order valence-corrected chi connectivity index (χ0v) is 9.98. The summed E-state index contributed by atoms with van der Waals surface area (Å²) in [6.07, 6.45) is 4.36. The van der Waals surface area contributed by atoms with Gasteiger partial charge in [0.2, 0.25) is 0 Å². The van der Waals surface area contributed by atoms with E-state index in [-0.39, 0.29) is 12.0 Å². The Balaban J connectivity index is 2.13. The van der Waals surface area contributed by atoms with Gasteiger partial charge in [0.25, 0.3) is 0 Å². The highest BCUT2D eigenvalue weighted by Gasteiger charge is 2.36. The summed E-state index contributed by atoms with van der Waals surface area (Å²) in [5.74, 6) is 0. The van der Waals surface area contributed by atoms with E-state index in [0.29, 0.717) is 10.0 Å². The molecule has 0 atom stereocenters. The van der Waals surface area contributed by atoms with E-state index in [0.717, 1.165) is 24.8 Å². The molecular formula is C12H14Cl2O. The molecule has 1 N–H and O–H groups in total. The van der Waals surface area contributed by atoms with E-state index < -0.39 is 0 Å². The predicted molar refractivity (Wildman–Crippen MR) is 63.5 cm³/mol. The lowest BCUT2D eigenvalue weighted by Crippen LogP contribution is -2.35.